The standard InChI is InChI=1S/C25H24FN5O/c1-30(2)13-14-31(17-18-3-5-20(26)6-4-18)25(32)24-15-21(19-7-10-27-11-8-19)22-16-28-12-9-23(22)29-24/h3-12,15-16H,13-14,17H2,1-2H3. The van der Waals surface area contributed by atoms with Gasteiger partial charge in [0.15, 0.2) is 0 Å². The van der Waals surface area contributed by atoms with E-state index in [1.54, 1.807) is 47.9 Å². The van der Waals surface area contributed by atoms with Crippen molar-refractivity contribution in [2.24, 2.45) is 0 Å². The maximum Gasteiger partial charge on any atom is 0.272 e. The summed E-state index contributed by atoms with van der Waals surface area (Å²) in [6.07, 6.45) is 6.87. The smallest absolute Gasteiger partial charge is 0.272 e. The van der Waals surface area contributed by atoms with Crippen LogP contribution >= 0.6 is 0 Å². The lowest BCUT2D eigenvalue weighted by Gasteiger charge is -2.25. The SMILES string of the molecule is CN(C)CCN(Cc1ccc(F)cc1)C(=O)c1cc(-c2ccncc2)c2cnccc2n1. The molecule has 0 unspecified atom stereocenters. The van der Waals surface area contributed by atoms with Gasteiger partial charge in [-0.25, -0.2) is 9.37 Å². The Balaban J connectivity index is 1.74. The first-order valence-corrected chi connectivity index (χ1v) is 10.3. The monoisotopic (exact) mass is 429 g/mol. The van der Waals surface area contributed by atoms with Gasteiger partial charge in [0.1, 0.15) is 11.5 Å². The van der Waals surface area contributed by atoms with Crippen LogP contribution in [-0.4, -0.2) is 57.8 Å². The number of hydrogen-bond acceptors (Lipinski definition) is 5. The van der Waals surface area contributed by atoms with Gasteiger partial charge in [0.2, 0.25) is 0 Å². The molecule has 0 fully saturated rings. The van der Waals surface area contributed by atoms with Crippen molar-refractivity contribution in [1.82, 2.24) is 24.8 Å². The number of likely N-dealkylation sites (N-methyl/N-ethyl adjacent to an activating group) is 1. The van der Waals surface area contributed by atoms with Gasteiger partial charge in [-0.3, -0.25) is 14.8 Å². The van der Waals surface area contributed by atoms with Crippen LogP contribution in [0.25, 0.3) is 22.0 Å². The second kappa shape index (κ2) is 9.62. The molecule has 3 heterocycles. The zero-order valence-corrected chi connectivity index (χ0v) is 18.1. The van der Waals surface area contributed by atoms with Gasteiger partial charge in [-0.1, -0.05) is 12.1 Å². The highest BCUT2D eigenvalue weighted by Gasteiger charge is 2.20. The average Bonchev–Trinajstić information content (AvgIpc) is 2.82. The summed E-state index contributed by atoms with van der Waals surface area (Å²) in [6, 6.07) is 13.6. The van der Waals surface area contributed by atoms with Gasteiger partial charge in [-0.2, -0.15) is 0 Å². The second-order valence-corrected chi connectivity index (χ2v) is 7.84. The number of amides is 1. The number of carbonyl (C=O) groups is 1. The molecule has 0 saturated carbocycles. The van der Waals surface area contributed by atoms with E-state index >= 15 is 0 Å². The minimum atomic E-state index is -0.299. The minimum absolute atomic E-state index is 0.176. The van der Waals surface area contributed by atoms with Crippen LogP contribution in [0.4, 0.5) is 4.39 Å². The van der Waals surface area contributed by atoms with E-state index in [0.717, 1.165) is 22.1 Å². The molecule has 162 valence electrons. The Kier molecular flexibility index (Phi) is 6.47. The maximum absolute atomic E-state index is 13.6. The highest BCUT2D eigenvalue weighted by molar-refractivity contribution is 6.01. The second-order valence-electron chi connectivity index (χ2n) is 7.84. The largest absolute Gasteiger partial charge is 0.332 e. The first-order chi connectivity index (χ1) is 15.5. The summed E-state index contributed by atoms with van der Waals surface area (Å²) >= 11 is 0. The van der Waals surface area contributed by atoms with Crippen LogP contribution in [0.2, 0.25) is 0 Å². The molecule has 0 aliphatic rings. The molecule has 0 aliphatic carbocycles. The topological polar surface area (TPSA) is 62.2 Å². The lowest BCUT2D eigenvalue weighted by molar-refractivity contribution is 0.0726. The Labute approximate surface area is 186 Å². The van der Waals surface area contributed by atoms with Crippen LogP contribution in [0.15, 0.2) is 73.3 Å². The number of fused-ring (bicyclic) bond motifs is 1. The third-order valence-electron chi connectivity index (χ3n) is 5.21. The number of benzene rings is 1. The number of hydrogen-bond donors (Lipinski definition) is 0. The normalized spacial score (nSPS) is 11.1. The summed E-state index contributed by atoms with van der Waals surface area (Å²) in [7, 11) is 3.92. The van der Waals surface area contributed by atoms with Gasteiger partial charge >= 0.3 is 0 Å². The molecule has 0 radical (unpaired) electrons. The molecule has 6 nitrogen and oxygen atoms in total. The highest BCUT2D eigenvalue weighted by Crippen LogP contribution is 2.28. The Hall–Kier alpha value is -3.71. The fourth-order valence-corrected chi connectivity index (χ4v) is 3.49. The molecule has 4 aromatic rings. The summed E-state index contributed by atoms with van der Waals surface area (Å²) in [5.41, 5.74) is 3.73. The number of pyridine rings is 3. The van der Waals surface area contributed by atoms with Crippen LogP contribution < -0.4 is 0 Å². The molecule has 0 N–H and O–H groups in total. The Morgan fingerprint density at radius 3 is 2.38 bits per heavy atom. The zero-order valence-electron chi connectivity index (χ0n) is 18.1. The van der Waals surface area contributed by atoms with Crippen molar-refractivity contribution in [1.29, 1.82) is 0 Å². The third-order valence-corrected chi connectivity index (χ3v) is 5.21. The van der Waals surface area contributed by atoms with Crippen molar-refractivity contribution < 1.29 is 9.18 Å². The molecule has 0 bridgehead atoms. The minimum Gasteiger partial charge on any atom is -0.332 e. The Morgan fingerprint density at radius 1 is 0.938 bits per heavy atom. The lowest BCUT2D eigenvalue weighted by atomic mass is 10.0. The summed E-state index contributed by atoms with van der Waals surface area (Å²) in [5.74, 6) is -0.475. The molecule has 3 aromatic heterocycles. The van der Waals surface area contributed by atoms with Crippen molar-refractivity contribution in [2.45, 2.75) is 6.54 Å². The van der Waals surface area contributed by atoms with Crippen LogP contribution in [0, 0.1) is 5.82 Å². The number of aromatic nitrogens is 3. The molecule has 1 aromatic carbocycles. The molecule has 0 spiro atoms. The predicted octanol–water partition coefficient (Wildman–Crippen LogP) is 4.03. The van der Waals surface area contributed by atoms with E-state index in [0.29, 0.717) is 30.8 Å². The van der Waals surface area contributed by atoms with Gasteiger partial charge in [-0.05, 0) is 67.2 Å². The van der Waals surface area contributed by atoms with E-state index in [1.165, 1.54) is 12.1 Å². The third kappa shape index (κ3) is 4.95. The molecule has 0 saturated heterocycles. The fourth-order valence-electron chi connectivity index (χ4n) is 3.49. The maximum atomic E-state index is 13.6. The van der Waals surface area contributed by atoms with Crippen LogP contribution in [0.3, 0.4) is 0 Å². The van der Waals surface area contributed by atoms with Gasteiger partial charge in [0, 0.05) is 49.8 Å². The van der Waals surface area contributed by atoms with Crippen molar-refractivity contribution in [2.75, 3.05) is 27.2 Å². The van der Waals surface area contributed by atoms with E-state index in [1.807, 2.05) is 37.2 Å². The summed E-state index contributed by atoms with van der Waals surface area (Å²) < 4.78 is 13.3. The van der Waals surface area contributed by atoms with E-state index in [4.69, 9.17) is 0 Å². The Bertz CT molecular complexity index is 1210. The van der Waals surface area contributed by atoms with Gasteiger partial charge < -0.3 is 9.80 Å². The zero-order chi connectivity index (χ0) is 22.5. The fraction of sp³-hybridized carbons (Fsp3) is 0.200. The van der Waals surface area contributed by atoms with Crippen molar-refractivity contribution >= 4 is 16.8 Å². The van der Waals surface area contributed by atoms with E-state index in [9.17, 15) is 9.18 Å². The summed E-state index contributed by atoms with van der Waals surface area (Å²) in [4.78, 5) is 30.3. The number of halogens is 1. The Morgan fingerprint density at radius 2 is 1.66 bits per heavy atom. The van der Waals surface area contributed by atoms with Gasteiger partial charge in [0.05, 0.1) is 5.52 Å². The van der Waals surface area contributed by atoms with Crippen molar-refractivity contribution in [3.8, 4) is 11.1 Å². The molecular formula is C25H24FN5O. The van der Waals surface area contributed by atoms with Crippen molar-refractivity contribution in [3.05, 3.63) is 90.4 Å². The molecular weight excluding hydrogens is 405 g/mol. The van der Waals surface area contributed by atoms with Gasteiger partial charge in [0.25, 0.3) is 5.91 Å². The van der Waals surface area contributed by atoms with E-state index in [2.05, 4.69) is 15.0 Å². The van der Waals surface area contributed by atoms with Crippen molar-refractivity contribution in [3.63, 3.8) is 0 Å². The quantitative estimate of drug-likeness (QED) is 0.444. The predicted molar refractivity (Wildman–Crippen MR) is 122 cm³/mol. The average molecular weight is 429 g/mol. The van der Waals surface area contributed by atoms with E-state index < -0.39 is 0 Å². The van der Waals surface area contributed by atoms with Gasteiger partial charge in [-0.15, -0.1) is 0 Å². The summed E-state index contributed by atoms with van der Waals surface area (Å²) in [6.45, 7) is 1.58. The number of rotatable bonds is 7. The lowest BCUT2D eigenvalue weighted by Crippen LogP contribution is -2.36. The molecule has 4 rings (SSSR count). The molecule has 32 heavy (non-hydrogen) atoms. The number of carbonyl (C=O) groups excluding carboxylic acids is 1. The molecule has 0 atom stereocenters. The number of nitrogens with zero attached hydrogens (tertiary/aromatic N) is 5. The van der Waals surface area contributed by atoms with Crippen LogP contribution in [0.5, 0.6) is 0 Å². The molecule has 0 aliphatic heterocycles. The highest BCUT2D eigenvalue weighted by atomic mass is 19.1. The summed E-state index contributed by atoms with van der Waals surface area (Å²) in [5, 5.41) is 0.869. The van der Waals surface area contributed by atoms with Crippen LogP contribution in [-0.2, 0) is 6.54 Å². The first-order valence-electron chi connectivity index (χ1n) is 10.3. The molecule has 1 amide bonds. The van der Waals surface area contributed by atoms with Crippen LogP contribution in [0.1, 0.15) is 16.1 Å². The molecule has 7 heteroatoms. The first kappa shape index (κ1) is 21.5. The van der Waals surface area contributed by atoms with E-state index in [-0.39, 0.29) is 11.7 Å².